The van der Waals surface area contributed by atoms with Crippen LogP contribution >= 0.6 is 39.7 Å². The third-order valence-electron chi connectivity index (χ3n) is 3.69. The standard InChI is InChI=1S/C16H17BrN2OS.ClH/c17-12-5-3-11(4-6-12)14-7-8-15(21-14)16(20)19-9-1-2-13(18)10-19;/h3-8,13H,1-2,9-10,18H2;1H. The molecule has 1 fully saturated rings. The first kappa shape index (κ1) is 17.5. The van der Waals surface area contributed by atoms with Crippen LogP contribution in [0.1, 0.15) is 22.5 Å². The second kappa shape index (κ2) is 7.59. The average molecular weight is 402 g/mol. The van der Waals surface area contributed by atoms with Gasteiger partial charge in [0, 0.05) is 28.5 Å². The van der Waals surface area contributed by atoms with Gasteiger partial charge in [0.15, 0.2) is 0 Å². The molecule has 0 bridgehead atoms. The van der Waals surface area contributed by atoms with Gasteiger partial charge in [-0.3, -0.25) is 4.79 Å². The third kappa shape index (κ3) is 3.90. The number of nitrogens with two attached hydrogens (primary N) is 1. The number of piperidine rings is 1. The van der Waals surface area contributed by atoms with Crippen LogP contribution in [-0.2, 0) is 0 Å². The lowest BCUT2D eigenvalue weighted by Crippen LogP contribution is -2.45. The quantitative estimate of drug-likeness (QED) is 0.821. The van der Waals surface area contributed by atoms with Crippen molar-refractivity contribution in [1.29, 1.82) is 0 Å². The number of nitrogens with zero attached hydrogens (tertiary/aromatic N) is 1. The van der Waals surface area contributed by atoms with Gasteiger partial charge in [-0.05, 0) is 42.7 Å². The van der Waals surface area contributed by atoms with Gasteiger partial charge in [0.1, 0.15) is 0 Å². The lowest BCUT2D eigenvalue weighted by atomic mass is 10.1. The molecule has 3 nitrogen and oxygen atoms in total. The molecular weight excluding hydrogens is 384 g/mol. The number of amides is 1. The van der Waals surface area contributed by atoms with E-state index in [-0.39, 0.29) is 24.4 Å². The van der Waals surface area contributed by atoms with Crippen LogP contribution in [0.5, 0.6) is 0 Å². The first-order valence-electron chi connectivity index (χ1n) is 7.04. The van der Waals surface area contributed by atoms with Gasteiger partial charge in [-0.25, -0.2) is 0 Å². The van der Waals surface area contributed by atoms with E-state index >= 15 is 0 Å². The summed E-state index contributed by atoms with van der Waals surface area (Å²) in [5, 5.41) is 0. The minimum Gasteiger partial charge on any atom is -0.336 e. The highest BCUT2D eigenvalue weighted by atomic mass is 79.9. The number of hydrogen-bond acceptors (Lipinski definition) is 3. The summed E-state index contributed by atoms with van der Waals surface area (Å²) in [4.78, 5) is 16.3. The maximum Gasteiger partial charge on any atom is 0.263 e. The molecule has 2 N–H and O–H groups in total. The van der Waals surface area contributed by atoms with Gasteiger partial charge in [0.05, 0.1) is 4.88 Å². The molecule has 0 radical (unpaired) electrons. The largest absolute Gasteiger partial charge is 0.336 e. The highest BCUT2D eigenvalue weighted by Crippen LogP contribution is 2.30. The Bertz CT molecular complexity index is 644. The molecule has 0 saturated carbocycles. The van der Waals surface area contributed by atoms with Crippen LogP contribution in [0.3, 0.4) is 0 Å². The van der Waals surface area contributed by atoms with Gasteiger partial charge in [0.2, 0.25) is 0 Å². The number of hydrogen-bond donors (Lipinski definition) is 1. The maximum absolute atomic E-state index is 12.5. The first-order chi connectivity index (χ1) is 10.1. The van der Waals surface area contributed by atoms with Crippen LogP contribution in [0.4, 0.5) is 0 Å². The molecule has 3 rings (SSSR count). The fourth-order valence-electron chi connectivity index (χ4n) is 2.57. The molecule has 1 saturated heterocycles. The van der Waals surface area contributed by atoms with Crippen LogP contribution in [0.25, 0.3) is 10.4 Å². The highest BCUT2D eigenvalue weighted by molar-refractivity contribution is 9.10. The van der Waals surface area contributed by atoms with E-state index in [4.69, 9.17) is 5.73 Å². The van der Waals surface area contributed by atoms with Crippen LogP contribution in [0.2, 0.25) is 0 Å². The Hall–Kier alpha value is -0.880. The summed E-state index contributed by atoms with van der Waals surface area (Å²) in [6, 6.07) is 12.2. The predicted molar refractivity (Wildman–Crippen MR) is 97.8 cm³/mol. The van der Waals surface area contributed by atoms with Crippen molar-refractivity contribution in [2.24, 2.45) is 5.73 Å². The zero-order valence-electron chi connectivity index (χ0n) is 12.0. The monoisotopic (exact) mass is 400 g/mol. The molecule has 1 aromatic carbocycles. The number of likely N-dealkylation sites (tertiary alicyclic amines) is 1. The van der Waals surface area contributed by atoms with Crippen molar-refractivity contribution >= 4 is 45.6 Å². The lowest BCUT2D eigenvalue weighted by molar-refractivity contribution is 0.0714. The zero-order valence-corrected chi connectivity index (χ0v) is 15.2. The smallest absolute Gasteiger partial charge is 0.263 e. The molecule has 1 aliphatic heterocycles. The normalized spacial score (nSPS) is 17.9. The number of carbonyl (C=O) groups is 1. The number of carbonyl (C=O) groups excluding carboxylic acids is 1. The molecule has 118 valence electrons. The summed E-state index contributed by atoms with van der Waals surface area (Å²) in [6.07, 6.45) is 2.01. The Labute approximate surface area is 149 Å². The van der Waals surface area contributed by atoms with Gasteiger partial charge in [-0.1, -0.05) is 28.1 Å². The van der Waals surface area contributed by atoms with Crippen LogP contribution in [-0.4, -0.2) is 29.9 Å². The van der Waals surface area contributed by atoms with E-state index in [1.807, 2.05) is 29.2 Å². The minimum absolute atomic E-state index is 0. The molecule has 1 aliphatic rings. The maximum atomic E-state index is 12.5. The van der Waals surface area contributed by atoms with E-state index in [2.05, 4.69) is 28.1 Å². The van der Waals surface area contributed by atoms with Gasteiger partial charge in [-0.2, -0.15) is 0 Å². The molecule has 1 unspecified atom stereocenters. The highest BCUT2D eigenvalue weighted by Gasteiger charge is 2.23. The average Bonchev–Trinajstić information content (AvgIpc) is 2.97. The summed E-state index contributed by atoms with van der Waals surface area (Å²) in [6.45, 7) is 1.49. The fourth-order valence-corrected chi connectivity index (χ4v) is 3.82. The third-order valence-corrected chi connectivity index (χ3v) is 5.34. The topological polar surface area (TPSA) is 46.3 Å². The zero-order chi connectivity index (χ0) is 14.8. The summed E-state index contributed by atoms with van der Waals surface area (Å²) in [7, 11) is 0. The number of benzene rings is 1. The number of thiophene rings is 1. The fraction of sp³-hybridized carbons (Fsp3) is 0.312. The summed E-state index contributed by atoms with van der Waals surface area (Å²) >= 11 is 4.98. The van der Waals surface area contributed by atoms with E-state index in [1.165, 1.54) is 0 Å². The second-order valence-electron chi connectivity index (χ2n) is 5.32. The van der Waals surface area contributed by atoms with Gasteiger partial charge < -0.3 is 10.6 Å². The van der Waals surface area contributed by atoms with Crippen molar-refractivity contribution in [2.45, 2.75) is 18.9 Å². The molecule has 1 atom stereocenters. The Morgan fingerprint density at radius 2 is 1.95 bits per heavy atom. The molecule has 2 aromatic rings. The summed E-state index contributed by atoms with van der Waals surface area (Å²) in [5.41, 5.74) is 7.09. The Morgan fingerprint density at radius 1 is 1.23 bits per heavy atom. The summed E-state index contributed by atoms with van der Waals surface area (Å²) < 4.78 is 1.06. The van der Waals surface area contributed by atoms with Crippen LogP contribution in [0, 0.1) is 0 Å². The molecule has 6 heteroatoms. The van der Waals surface area contributed by atoms with Gasteiger partial charge >= 0.3 is 0 Å². The van der Waals surface area contributed by atoms with Gasteiger partial charge in [-0.15, -0.1) is 23.7 Å². The van der Waals surface area contributed by atoms with E-state index in [9.17, 15) is 4.79 Å². The van der Waals surface area contributed by atoms with Crippen molar-refractivity contribution in [3.8, 4) is 10.4 Å². The minimum atomic E-state index is 0. The van der Waals surface area contributed by atoms with Crippen molar-refractivity contribution in [1.82, 2.24) is 4.90 Å². The van der Waals surface area contributed by atoms with E-state index in [0.717, 1.165) is 39.2 Å². The van der Waals surface area contributed by atoms with Crippen molar-refractivity contribution in [2.75, 3.05) is 13.1 Å². The second-order valence-corrected chi connectivity index (χ2v) is 7.32. The predicted octanol–water partition coefficient (Wildman–Crippen LogP) is 4.16. The molecule has 0 aliphatic carbocycles. The van der Waals surface area contributed by atoms with Crippen molar-refractivity contribution in [3.63, 3.8) is 0 Å². The molecular formula is C16H18BrClN2OS. The molecule has 22 heavy (non-hydrogen) atoms. The van der Waals surface area contributed by atoms with E-state index in [1.54, 1.807) is 11.3 Å². The molecule has 1 aromatic heterocycles. The van der Waals surface area contributed by atoms with Gasteiger partial charge in [0.25, 0.3) is 5.91 Å². The van der Waals surface area contributed by atoms with E-state index in [0.29, 0.717) is 6.54 Å². The Kier molecular flexibility index (Phi) is 6.03. The molecule has 1 amide bonds. The van der Waals surface area contributed by atoms with Crippen molar-refractivity contribution in [3.05, 3.63) is 45.7 Å². The number of rotatable bonds is 2. The van der Waals surface area contributed by atoms with Crippen LogP contribution < -0.4 is 5.73 Å². The molecule has 0 spiro atoms. The first-order valence-corrected chi connectivity index (χ1v) is 8.65. The van der Waals surface area contributed by atoms with Crippen LogP contribution in [0.15, 0.2) is 40.9 Å². The number of halogens is 2. The van der Waals surface area contributed by atoms with Crippen molar-refractivity contribution < 1.29 is 4.79 Å². The Balaban J connectivity index is 0.00000176. The molecule has 2 heterocycles. The van der Waals surface area contributed by atoms with E-state index < -0.39 is 0 Å². The lowest BCUT2D eigenvalue weighted by Gasteiger charge is -2.30. The Morgan fingerprint density at radius 3 is 2.64 bits per heavy atom. The summed E-state index contributed by atoms with van der Waals surface area (Å²) in [5.74, 6) is 0.110. The SMILES string of the molecule is Cl.NC1CCCN(C(=O)c2ccc(-c3ccc(Br)cc3)s2)C1.